The van der Waals surface area contributed by atoms with Crippen molar-refractivity contribution in [3.05, 3.63) is 59.7 Å². The lowest BCUT2D eigenvalue weighted by atomic mass is 10.0. The first-order chi connectivity index (χ1) is 19.9. The average molecular weight is 604 g/mol. The van der Waals surface area contributed by atoms with Gasteiger partial charge in [-0.25, -0.2) is 4.79 Å². The SMILES string of the molecule is NC(N)=NCCCC(NC(=O)C(Cc1ccc(O)cc1)NC(=O)C(N)Cc1ccc(O)cc1)C(=O)NC(CS)C(=O)O. The van der Waals surface area contributed by atoms with Gasteiger partial charge in [0.15, 0.2) is 5.96 Å². The second kappa shape index (κ2) is 16.7. The number of carboxylic acid groups (broad SMARTS) is 1. The van der Waals surface area contributed by atoms with Crippen LogP contribution in [-0.2, 0) is 32.0 Å². The minimum absolute atomic E-state index is 0.00870. The largest absolute Gasteiger partial charge is 0.508 e. The number of phenolic OH excluding ortho intramolecular Hbond substituents is 2. The summed E-state index contributed by atoms with van der Waals surface area (Å²) in [5.41, 5.74) is 18.1. The molecule has 14 nitrogen and oxygen atoms in total. The van der Waals surface area contributed by atoms with Crippen LogP contribution >= 0.6 is 12.6 Å². The predicted octanol–water partition coefficient (Wildman–Crippen LogP) is -1.27. The predicted molar refractivity (Wildman–Crippen MR) is 159 cm³/mol. The Kier molecular flexibility index (Phi) is 13.4. The van der Waals surface area contributed by atoms with Crippen LogP contribution in [0.1, 0.15) is 24.0 Å². The van der Waals surface area contributed by atoms with Crippen LogP contribution in [0.25, 0.3) is 0 Å². The summed E-state index contributed by atoms with van der Waals surface area (Å²) in [5.74, 6) is -3.71. The molecule has 0 fully saturated rings. The Morgan fingerprint density at radius 1 is 0.762 bits per heavy atom. The highest BCUT2D eigenvalue weighted by atomic mass is 32.1. The fraction of sp³-hybridized carbons (Fsp3) is 0.370. The van der Waals surface area contributed by atoms with E-state index in [9.17, 15) is 34.5 Å². The number of hydrogen-bond acceptors (Lipinski definition) is 9. The van der Waals surface area contributed by atoms with Crippen LogP contribution in [0.5, 0.6) is 11.5 Å². The van der Waals surface area contributed by atoms with Gasteiger partial charge in [0.2, 0.25) is 17.7 Å². The molecule has 3 amide bonds. The summed E-state index contributed by atoms with van der Waals surface area (Å²) in [6.07, 6.45) is 0.422. The molecule has 15 heteroatoms. The molecule has 0 aliphatic heterocycles. The van der Waals surface area contributed by atoms with Crippen LogP contribution in [0.15, 0.2) is 53.5 Å². The van der Waals surface area contributed by atoms with Gasteiger partial charge in [-0.2, -0.15) is 12.6 Å². The standard InChI is InChI=1S/C27H37N7O7S/c28-19(12-15-3-7-17(35)8-4-15)23(37)33-21(13-16-5-9-18(36)10-6-16)25(39)32-20(2-1-11-31-27(29)30)24(38)34-22(14-42)26(40)41/h3-10,19-22,35-36,42H,1-2,11-14,28H2,(H,32,39)(H,33,37)(H,34,38)(H,40,41)(H4,29,30,31). The summed E-state index contributed by atoms with van der Waals surface area (Å²) >= 11 is 3.95. The van der Waals surface area contributed by atoms with E-state index in [1.807, 2.05) is 0 Å². The topological polar surface area (TPSA) is 255 Å². The minimum Gasteiger partial charge on any atom is -0.508 e. The highest BCUT2D eigenvalue weighted by Gasteiger charge is 2.30. The molecule has 0 aliphatic rings. The number of rotatable bonds is 16. The molecule has 4 unspecified atom stereocenters. The number of aliphatic imine (C=N–C) groups is 1. The Balaban J connectivity index is 2.24. The smallest absolute Gasteiger partial charge is 0.327 e. The lowest BCUT2D eigenvalue weighted by molar-refractivity contribution is -0.141. The number of aromatic hydroxyl groups is 2. The molecular weight excluding hydrogens is 566 g/mol. The average Bonchev–Trinajstić information content (AvgIpc) is 2.94. The van der Waals surface area contributed by atoms with Crippen molar-refractivity contribution in [2.75, 3.05) is 12.3 Å². The van der Waals surface area contributed by atoms with Gasteiger partial charge in [-0.15, -0.1) is 0 Å². The Hall–Kier alpha value is -4.50. The zero-order valence-electron chi connectivity index (χ0n) is 22.8. The van der Waals surface area contributed by atoms with E-state index in [2.05, 4.69) is 33.6 Å². The van der Waals surface area contributed by atoms with Gasteiger partial charge in [-0.05, 0) is 54.7 Å². The van der Waals surface area contributed by atoms with Gasteiger partial charge in [0.1, 0.15) is 29.6 Å². The van der Waals surface area contributed by atoms with E-state index in [-0.39, 0.29) is 55.4 Å². The molecule has 4 atom stereocenters. The number of carbonyl (C=O) groups excluding carboxylic acids is 3. The van der Waals surface area contributed by atoms with Crippen molar-refractivity contribution in [1.82, 2.24) is 16.0 Å². The number of carboxylic acids is 1. The maximum atomic E-state index is 13.5. The maximum Gasteiger partial charge on any atom is 0.327 e. The van der Waals surface area contributed by atoms with Crippen molar-refractivity contribution in [1.29, 1.82) is 0 Å². The molecule has 0 aliphatic carbocycles. The molecule has 0 radical (unpaired) electrons. The molecule has 0 saturated carbocycles. The van der Waals surface area contributed by atoms with Gasteiger partial charge >= 0.3 is 5.97 Å². The third-order valence-electron chi connectivity index (χ3n) is 6.11. The number of phenols is 2. The monoisotopic (exact) mass is 603 g/mol. The van der Waals surface area contributed by atoms with E-state index in [1.165, 1.54) is 24.3 Å². The van der Waals surface area contributed by atoms with E-state index in [0.29, 0.717) is 11.1 Å². The third-order valence-corrected chi connectivity index (χ3v) is 6.48. The quantitative estimate of drug-likeness (QED) is 0.0471. The van der Waals surface area contributed by atoms with Crippen molar-refractivity contribution in [2.24, 2.45) is 22.2 Å². The maximum absolute atomic E-state index is 13.5. The molecule has 0 heterocycles. The number of nitrogens with two attached hydrogens (primary N) is 3. The number of thiol groups is 1. The molecule has 2 rings (SSSR count). The molecule has 0 saturated heterocycles. The zero-order chi connectivity index (χ0) is 31.2. The second-order valence-electron chi connectivity index (χ2n) is 9.50. The third kappa shape index (κ3) is 11.5. The van der Waals surface area contributed by atoms with Crippen molar-refractivity contribution < 1.29 is 34.5 Å². The highest BCUT2D eigenvalue weighted by Crippen LogP contribution is 2.13. The van der Waals surface area contributed by atoms with Crippen molar-refractivity contribution >= 4 is 42.3 Å². The zero-order valence-corrected chi connectivity index (χ0v) is 23.7. The number of benzene rings is 2. The second-order valence-corrected chi connectivity index (χ2v) is 9.87. The van der Waals surface area contributed by atoms with Crippen LogP contribution in [0.3, 0.4) is 0 Å². The fourth-order valence-electron chi connectivity index (χ4n) is 3.84. The summed E-state index contributed by atoms with van der Waals surface area (Å²) in [4.78, 5) is 54.8. The number of carbonyl (C=O) groups is 4. The summed E-state index contributed by atoms with van der Waals surface area (Å²) < 4.78 is 0. The Labute approximate surface area is 248 Å². The molecule has 12 N–H and O–H groups in total. The van der Waals surface area contributed by atoms with Crippen molar-refractivity contribution in [3.63, 3.8) is 0 Å². The first-order valence-electron chi connectivity index (χ1n) is 13.0. The van der Waals surface area contributed by atoms with Gasteiger partial charge < -0.3 is 48.5 Å². The normalized spacial score (nSPS) is 13.6. The molecule has 42 heavy (non-hydrogen) atoms. The highest BCUT2D eigenvalue weighted by molar-refractivity contribution is 7.80. The number of nitrogens with one attached hydrogen (secondary N) is 3. The summed E-state index contributed by atoms with van der Waals surface area (Å²) in [7, 11) is 0. The number of hydrogen-bond donors (Lipinski definition) is 10. The summed E-state index contributed by atoms with van der Waals surface area (Å²) in [6.45, 7) is 0.150. The van der Waals surface area contributed by atoms with E-state index in [4.69, 9.17) is 17.2 Å². The summed E-state index contributed by atoms with van der Waals surface area (Å²) in [6, 6.07) is 7.40. The van der Waals surface area contributed by atoms with Crippen molar-refractivity contribution in [3.8, 4) is 11.5 Å². The lowest BCUT2D eigenvalue weighted by Crippen LogP contribution is -2.58. The van der Waals surface area contributed by atoms with Gasteiger partial charge in [0, 0.05) is 18.7 Å². The Morgan fingerprint density at radius 2 is 1.24 bits per heavy atom. The number of guanidine groups is 1. The fourth-order valence-corrected chi connectivity index (χ4v) is 4.08. The molecule has 2 aromatic rings. The van der Waals surface area contributed by atoms with E-state index in [0.717, 1.165) is 0 Å². The summed E-state index contributed by atoms with van der Waals surface area (Å²) in [5, 5.41) is 36.0. The first kappa shape index (κ1) is 33.7. The Bertz CT molecular complexity index is 1240. The van der Waals surface area contributed by atoms with E-state index < -0.39 is 47.9 Å². The van der Waals surface area contributed by atoms with Crippen LogP contribution in [0, 0.1) is 0 Å². The molecule has 0 aromatic heterocycles. The van der Waals surface area contributed by atoms with Crippen molar-refractivity contribution in [2.45, 2.75) is 49.9 Å². The van der Waals surface area contributed by atoms with Crippen LogP contribution in [0.2, 0.25) is 0 Å². The van der Waals surface area contributed by atoms with Gasteiger partial charge in [-0.3, -0.25) is 19.4 Å². The van der Waals surface area contributed by atoms with Crippen LogP contribution in [0.4, 0.5) is 0 Å². The van der Waals surface area contributed by atoms with Crippen LogP contribution in [-0.4, -0.2) is 81.4 Å². The number of nitrogens with zero attached hydrogens (tertiary/aromatic N) is 1. The van der Waals surface area contributed by atoms with E-state index >= 15 is 0 Å². The van der Waals surface area contributed by atoms with Crippen LogP contribution < -0.4 is 33.2 Å². The Morgan fingerprint density at radius 3 is 1.74 bits per heavy atom. The molecule has 0 spiro atoms. The molecule has 0 bridgehead atoms. The molecule has 228 valence electrons. The van der Waals surface area contributed by atoms with Gasteiger partial charge in [0.25, 0.3) is 0 Å². The van der Waals surface area contributed by atoms with E-state index in [1.54, 1.807) is 24.3 Å². The lowest BCUT2D eigenvalue weighted by Gasteiger charge is -2.25. The first-order valence-corrected chi connectivity index (χ1v) is 13.6. The molecule has 2 aromatic carbocycles. The molecular formula is C27H37N7O7S. The number of aliphatic carboxylic acids is 1. The number of amides is 3. The van der Waals surface area contributed by atoms with Gasteiger partial charge in [-0.1, -0.05) is 24.3 Å². The minimum atomic E-state index is -1.30. The van der Waals surface area contributed by atoms with Gasteiger partial charge in [0.05, 0.1) is 6.04 Å².